The van der Waals surface area contributed by atoms with Crippen LogP contribution in [0, 0.1) is 22.0 Å². The number of nitrogens with zero attached hydrogens (tertiary/aromatic N) is 2. The number of hydrogen-bond donors (Lipinski definition) is 1. The van der Waals surface area contributed by atoms with E-state index in [-0.39, 0.29) is 30.5 Å². The number of benzene rings is 1. The van der Waals surface area contributed by atoms with Crippen molar-refractivity contribution in [1.82, 2.24) is 4.90 Å². The Morgan fingerprint density at radius 1 is 1.38 bits per heavy atom. The molecule has 1 amide bonds. The maximum atomic E-state index is 12.2. The molecular weight excluding hydrogens is 276 g/mol. The summed E-state index contributed by atoms with van der Waals surface area (Å²) in [6, 6.07) is 6.09. The Morgan fingerprint density at radius 2 is 2.05 bits per heavy atom. The van der Waals surface area contributed by atoms with Crippen molar-refractivity contribution < 1.29 is 19.6 Å². The Labute approximate surface area is 121 Å². The van der Waals surface area contributed by atoms with Crippen LogP contribution >= 0.6 is 0 Å². The van der Waals surface area contributed by atoms with Gasteiger partial charge < -0.3 is 10.0 Å². The molecule has 1 aromatic carbocycles. The zero-order valence-electron chi connectivity index (χ0n) is 11.6. The highest BCUT2D eigenvalue weighted by atomic mass is 16.6. The van der Waals surface area contributed by atoms with Crippen molar-refractivity contribution in [3.63, 3.8) is 0 Å². The van der Waals surface area contributed by atoms with Gasteiger partial charge in [-0.15, -0.1) is 0 Å². The van der Waals surface area contributed by atoms with Crippen LogP contribution in [0.25, 0.3) is 0 Å². The number of hydrogen-bond acceptors (Lipinski definition) is 4. The molecule has 2 rings (SSSR count). The molecule has 112 valence electrons. The van der Waals surface area contributed by atoms with Crippen molar-refractivity contribution in [1.29, 1.82) is 0 Å². The fourth-order valence-electron chi connectivity index (χ4n) is 2.61. The second kappa shape index (κ2) is 5.90. The normalized spacial score (nSPS) is 21.3. The van der Waals surface area contributed by atoms with Gasteiger partial charge in [0, 0.05) is 24.7 Å². The lowest BCUT2D eigenvalue weighted by atomic mass is 9.99. The number of carbonyl (C=O) groups excluding carboxylic acids is 1. The average Bonchev–Trinajstić information content (AvgIpc) is 2.81. The number of carbonyl (C=O) groups is 2. The summed E-state index contributed by atoms with van der Waals surface area (Å²) in [5, 5.41) is 20.0. The summed E-state index contributed by atoms with van der Waals surface area (Å²) >= 11 is 0. The molecule has 1 N–H and O–H groups in total. The molecule has 0 radical (unpaired) electrons. The van der Waals surface area contributed by atoms with Crippen molar-refractivity contribution in [2.75, 3.05) is 13.1 Å². The number of carboxylic acid groups (broad SMARTS) is 1. The fourth-order valence-corrected chi connectivity index (χ4v) is 2.61. The predicted octanol–water partition coefficient (Wildman–Crippen LogP) is 1.32. The topological polar surface area (TPSA) is 101 Å². The quantitative estimate of drug-likeness (QED) is 0.666. The smallest absolute Gasteiger partial charge is 0.308 e. The predicted molar refractivity (Wildman–Crippen MR) is 73.7 cm³/mol. The molecule has 1 saturated heterocycles. The summed E-state index contributed by atoms with van der Waals surface area (Å²) in [6.07, 6.45) is -0.0871. The SMILES string of the molecule is C[C@@H]1CN(C(=O)Cc2ccccc2[N+](=O)[O-])C[C@H]1C(=O)O. The summed E-state index contributed by atoms with van der Waals surface area (Å²) in [4.78, 5) is 35.1. The van der Waals surface area contributed by atoms with E-state index in [4.69, 9.17) is 5.11 Å². The van der Waals surface area contributed by atoms with Crippen molar-refractivity contribution in [2.24, 2.45) is 11.8 Å². The van der Waals surface area contributed by atoms with Gasteiger partial charge >= 0.3 is 5.97 Å². The second-order valence-corrected chi connectivity index (χ2v) is 5.28. The minimum absolute atomic E-state index is 0.0871. The Kier molecular flexibility index (Phi) is 4.21. The highest BCUT2D eigenvalue weighted by Gasteiger charge is 2.37. The first-order chi connectivity index (χ1) is 9.90. The zero-order valence-corrected chi connectivity index (χ0v) is 11.6. The van der Waals surface area contributed by atoms with E-state index in [0.29, 0.717) is 12.1 Å². The van der Waals surface area contributed by atoms with Gasteiger partial charge in [-0.3, -0.25) is 19.7 Å². The van der Waals surface area contributed by atoms with Crippen LogP contribution in [0.1, 0.15) is 12.5 Å². The van der Waals surface area contributed by atoms with E-state index >= 15 is 0 Å². The molecule has 0 aliphatic carbocycles. The summed E-state index contributed by atoms with van der Waals surface area (Å²) in [7, 11) is 0. The Hall–Kier alpha value is -2.44. The minimum atomic E-state index is -0.913. The number of nitro benzene ring substituents is 1. The zero-order chi connectivity index (χ0) is 15.6. The molecular formula is C14H16N2O5. The van der Waals surface area contributed by atoms with Crippen LogP contribution in [0.5, 0.6) is 0 Å². The molecule has 1 aromatic rings. The number of carboxylic acids is 1. The van der Waals surface area contributed by atoms with Gasteiger partial charge in [0.2, 0.25) is 5.91 Å². The van der Waals surface area contributed by atoms with E-state index in [1.54, 1.807) is 25.1 Å². The van der Waals surface area contributed by atoms with Gasteiger partial charge in [-0.05, 0) is 5.92 Å². The van der Waals surface area contributed by atoms with Crippen molar-refractivity contribution in [2.45, 2.75) is 13.3 Å². The first kappa shape index (κ1) is 15.0. The monoisotopic (exact) mass is 292 g/mol. The number of aliphatic carboxylic acids is 1. The number of rotatable bonds is 4. The molecule has 1 aliphatic rings. The molecule has 1 fully saturated rings. The molecule has 0 bridgehead atoms. The van der Waals surface area contributed by atoms with Crippen LogP contribution in [-0.2, 0) is 16.0 Å². The highest BCUT2D eigenvalue weighted by molar-refractivity contribution is 5.81. The maximum absolute atomic E-state index is 12.2. The Morgan fingerprint density at radius 3 is 2.62 bits per heavy atom. The number of likely N-dealkylation sites (tertiary alicyclic amines) is 1. The van der Waals surface area contributed by atoms with Gasteiger partial charge in [0.15, 0.2) is 0 Å². The van der Waals surface area contributed by atoms with Gasteiger partial charge in [-0.1, -0.05) is 25.1 Å². The molecule has 2 atom stereocenters. The minimum Gasteiger partial charge on any atom is -0.481 e. The number of amides is 1. The molecule has 21 heavy (non-hydrogen) atoms. The van der Waals surface area contributed by atoms with E-state index in [1.165, 1.54) is 11.0 Å². The van der Waals surface area contributed by atoms with Crippen molar-refractivity contribution in [3.8, 4) is 0 Å². The standard InChI is InChI=1S/C14H16N2O5/c1-9-7-15(8-11(9)14(18)19)13(17)6-10-4-2-3-5-12(10)16(20)21/h2-5,9,11H,6-8H2,1H3,(H,18,19)/t9-,11-/m1/s1. The number of para-hydroxylation sites is 1. The molecule has 0 aromatic heterocycles. The van der Waals surface area contributed by atoms with Gasteiger partial charge in [0.25, 0.3) is 5.69 Å². The Balaban J connectivity index is 2.10. The van der Waals surface area contributed by atoms with Crippen LogP contribution in [-0.4, -0.2) is 39.9 Å². The summed E-state index contributed by atoms with van der Waals surface area (Å²) in [5.74, 6) is -1.87. The lowest BCUT2D eigenvalue weighted by molar-refractivity contribution is -0.385. The molecule has 1 heterocycles. The third kappa shape index (κ3) is 3.18. The molecule has 1 aliphatic heterocycles. The lowest BCUT2D eigenvalue weighted by Crippen LogP contribution is -2.31. The van der Waals surface area contributed by atoms with Gasteiger partial charge in [0.05, 0.1) is 17.3 Å². The maximum Gasteiger partial charge on any atom is 0.308 e. The molecule has 0 spiro atoms. The van der Waals surface area contributed by atoms with Crippen LogP contribution in [0.15, 0.2) is 24.3 Å². The lowest BCUT2D eigenvalue weighted by Gasteiger charge is -2.15. The average molecular weight is 292 g/mol. The third-order valence-corrected chi connectivity index (χ3v) is 3.81. The largest absolute Gasteiger partial charge is 0.481 e. The number of nitro groups is 1. The van der Waals surface area contributed by atoms with Crippen LogP contribution < -0.4 is 0 Å². The molecule has 7 nitrogen and oxygen atoms in total. The van der Waals surface area contributed by atoms with Gasteiger partial charge in [-0.2, -0.15) is 0 Å². The van der Waals surface area contributed by atoms with Crippen molar-refractivity contribution >= 4 is 17.6 Å². The first-order valence-electron chi connectivity index (χ1n) is 6.63. The Bertz CT molecular complexity index is 586. The van der Waals surface area contributed by atoms with E-state index < -0.39 is 16.8 Å². The van der Waals surface area contributed by atoms with Crippen LogP contribution in [0.2, 0.25) is 0 Å². The summed E-state index contributed by atoms with van der Waals surface area (Å²) < 4.78 is 0. The van der Waals surface area contributed by atoms with E-state index in [1.807, 2.05) is 0 Å². The van der Waals surface area contributed by atoms with Crippen molar-refractivity contribution in [3.05, 3.63) is 39.9 Å². The summed E-state index contributed by atoms with van der Waals surface area (Å²) in [6.45, 7) is 2.32. The second-order valence-electron chi connectivity index (χ2n) is 5.28. The molecule has 0 unspecified atom stereocenters. The first-order valence-corrected chi connectivity index (χ1v) is 6.63. The summed E-state index contributed by atoms with van der Waals surface area (Å²) in [5.41, 5.74) is 0.256. The van der Waals surface area contributed by atoms with Gasteiger partial charge in [0.1, 0.15) is 0 Å². The highest BCUT2D eigenvalue weighted by Crippen LogP contribution is 2.25. The van der Waals surface area contributed by atoms with E-state index in [0.717, 1.165) is 0 Å². The van der Waals surface area contributed by atoms with Crippen LogP contribution in [0.4, 0.5) is 5.69 Å². The van der Waals surface area contributed by atoms with Gasteiger partial charge in [-0.25, -0.2) is 0 Å². The van der Waals surface area contributed by atoms with E-state index in [9.17, 15) is 19.7 Å². The molecule has 0 saturated carbocycles. The van der Waals surface area contributed by atoms with E-state index in [2.05, 4.69) is 0 Å². The fraction of sp³-hybridized carbons (Fsp3) is 0.429. The molecule has 7 heteroatoms. The third-order valence-electron chi connectivity index (χ3n) is 3.81. The van der Waals surface area contributed by atoms with Crippen LogP contribution in [0.3, 0.4) is 0 Å².